The fourth-order valence-corrected chi connectivity index (χ4v) is 2.72. The molecule has 2 rings (SSSR count). The minimum absolute atomic E-state index is 0.0881. The number of nitro groups is 1. The standard InChI is InChI=1S/C14H16N4O5S/c1-16(2)24(21,22)17-8-14(15-10-17)13(9-23-3)11-5-4-6-12(7-11)18(19)20/h4-10H,1-3H3/b13-9-. The smallest absolute Gasteiger partial charge is 0.308 e. The maximum atomic E-state index is 12.1. The monoisotopic (exact) mass is 352 g/mol. The van der Waals surface area contributed by atoms with Crippen LogP contribution in [0, 0.1) is 10.1 Å². The van der Waals surface area contributed by atoms with E-state index in [1.165, 1.54) is 51.9 Å². The van der Waals surface area contributed by atoms with Gasteiger partial charge in [0.2, 0.25) is 0 Å². The van der Waals surface area contributed by atoms with Crippen molar-refractivity contribution in [3.8, 4) is 0 Å². The predicted octanol–water partition coefficient (Wildman–Crippen LogP) is 1.48. The predicted molar refractivity (Wildman–Crippen MR) is 87.4 cm³/mol. The third-order valence-electron chi connectivity index (χ3n) is 3.17. The first-order valence-electron chi connectivity index (χ1n) is 6.72. The lowest BCUT2D eigenvalue weighted by molar-refractivity contribution is -0.384. The van der Waals surface area contributed by atoms with Gasteiger partial charge in [0.05, 0.1) is 24.0 Å². The zero-order valence-electron chi connectivity index (χ0n) is 13.3. The second-order valence-electron chi connectivity index (χ2n) is 4.95. The molecule has 128 valence electrons. The first-order chi connectivity index (χ1) is 11.3. The van der Waals surface area contributed by atoms with Crippen LogP contribution in [-0.2, 0) is 14.9 Å². The lowest BCUT2D eigenvalue weighted by atomic mass is 10.0. The minimum atomic E-state index is -3.70. The van der Waals surface area contributed by atoms with Crippen molar-refractivity contribution in [2.24, 2.45) is 0 Å². The lowest BCUT2D eigenvalue weighted by Crippen LogP contribution is -2.27. The summed E-state index contributed by atoms with van der Waals surface area (Å²) in [6, 6.07) is 5.91. The summed E-state index contributed by atoms with van der Waals surface area (Å²) in [6.07, 6.45) is 3.83. The largest absolute Gasteiger partial charge is 0.504 e. The summed E-state index contributed by atoms with van der Waals surface area (Å²) >= 11 is 0. The molecule has 0 saturated carbocycles. The molecule has 1 aromatic carbocycles. The molecule has 1 aromatic heterocycles. The highest BCUT2D eigenvalue weighted by Crippen LogP contribution is 2.25. The van der Waals surface area contributed by atoms with E-state index in [0.717, 1.165) is 14.6 Å². The third kappa shape index (κ3) is 3.44. The number of nitrogens with zero attached hydrogens (tertiary/aromatic N) is 4. The summed E-state index contributed by atoms with van der Waals surface area (Å²) in [7, 11) is 0.533. The number of methoxy groups -OCH3 is 1. The number of imidazole rings is 1. The molecule has 9 nitrogen and oxygen atoms in total. The number of benzene rings is 1. The summed E-state index contributed by atoms with van der Waals surface area (Å²) in [6.45, 7) is 0. The van der Waals surface area contributed by atoms with Crippen LogP contribution in [-0.4, -0.2) is 47.8 Å². The van der Waals surface area contributed by atoms with Gasteiger partial charge in [-0.3, -0.25) is 10.1 Å². The van der Waals surface area contributed by atoms with Crippen LogP contribution < -0.4 is 0 Å². The third-order valence-corrected chi connectivity index (χ3v) is 4.82. The molecular weight excluding hydrogens is 336 g/mol. The van der Waals surface area contributed by atoms with Crippen molar-refractivity contribution >= 4 is 21.5 Å². The molecule has 0 saturated heterocycles. The van der Waals surface area contributed by atoms with Crippen LogP contribution in [0.5, 0.6) is 0 Å². The summed E-state index contributed by atoms with van der Waals surface area (Å²) in [5.74, 6) is 0. The summed E-state index contributed by atoms with van der Waals surface area (Å²) in [5.41, 5.74) is 1.13. The van der Waals surface area contributed by atoms with Crippen molar-refractivity contribution in [2.75, 3.05) is 21.2 Å². The fourth-order valence-electron chi connectivity index (χ4n) is 1.94. The Balaban J connectivity index is 2.51. The Morgan fingerprint density at radius 2 is 2.12 bits per heavy atom. The first-order valence-corrected chi connectivity index (χ1v) is 8.12. The van der Waals surface area contributed by atoms with Gasteiger partial charge in [0.25, 0.3) is 5.69 Å². The van der Waals surface area contributed by atoms with Gasteiger partial charge >= 0.3 is 10.2 Å². The molecule has 24 heavy (non-hydrogen) atoms. The van der Waals surface area contributed by atoms with E-state index in [0.29, 0.717) is 16.8 Å². The van der Waals surface area contributed by atoms with Gasteiger partial charge in [-0.1, -0.05) is 12.1 Å². The van der Waals surface area contributed by atoms with E-state index in [-0.39, 0.29) is 5.69 Å². The molecule has 0 aliphatic carbocycles. The molecule has 0 atom stereocenters. The van der Waals surface area contributed by atoms with E-state index >= 15 is 0 Å². The number of hydrogen-bond donors (Lipinski definition) is 0. The van der Waals surface area contributed by atoms with Crippen LogP contribution in [0.15, 0.2) is 43.1 Å². The number of hydrogen-bond acceptors (Lipinski definition) is 6. The maximum absolute atomic E-state index is 12.1. The van der Waals surface area contributed by atoms with E-state index in [4.69, 9.17) is 4.74 Å². The molecule has 0 fully saturated rings. The van der Waals surface area contributed by atoms with Crippen LogP contribution in [0.25, 0.3) is 5.57 Å². The van der Waals surface area contributed by atoms with E-state index in [1.807, 2.05) is 0 Å². The highest BCUT2D eigenvalue weighted by Gasteiger charge is 2.19. The fraction of sp³-hybridized carbons (Fsp3) is 0.214. The zero-order valence-corrected chi connectivity index (χ0v) is 14.1. The molecule has 0 unspecified atom stereocenters. The van der Waals surface area contributed by atoms with Gasteiger partial charge in [0.15, 0.2) is 0 Å². The Kier molecular flexibility index (Phi) is 5.00. The van der Waals surface area contributed by atoms with Crippen molar-refractivity contribution in [3.05, 3.63) is 64.4 Å². The molecule has 1 heterocycles. The number of nitro benzene ring substituents is 1. The average molecular weight is 352 g/mol. The Bertz CT molecular complexity index is 886. The summed E-state index contributed by atoms with van der Waals surface area (Å²) in [4.78, 5) is 14.5. The van der Waals surface area contributed by atoms with E-state index in [9.17, 15) is 18.5 Å². The van der Waals surface area contributed by atoms with E-state index in [1.54, 1.807) is 6.07 Å². The van der Waals surface area contributed by atoms with Crippen LogP contribution >= 0.6 is 0 Å². The molecule has 0 radical (unpaired) electrons. The molecular formula is C14H16N4O5S. The highest BCUT2D eigenvalue weighted by molar-refractivity contribution is 7.87. The molecule has 0 aliphatic rings. The van der Waals surface area contributed by atoms with Crippen LogP contribution in [0.2, 0.25) is 0 Å². The number of rotatable bonds is 6. The molecule has 0 spiro atoms. The molecule has 0 aliphatic heterocycles. The van der Waals surface area contributed by atoms with E-state index < -0.39 is 15.1 Å². The Morgan fingerprint density at radius 3 is 2.71 bits per heavy atom. The van der Waals surface area contributed by atoms with Gasteiger partial charge in [-0.15, -0.1) is 0 Å². The van der Waals surface area contributed by atoms with Gasteiger partial charge in [0.1, 0.15) is 6.33 Å². The normalized spacial score (nSPS) is 12.4. The SMILES string of the molecule is CO/C=C(/c1cccc([N+](=O)[O-])c1)c1cn(S(=O)(=O)N(C)C)cn1. The highest BCUT2D eigenvalue weighted by atomic mass is 32.2. The molecule has 10 heteroatoms. The Labute approximate surface area is 139 Å². The van der Waals surface area contributed by atoms with Gasteiger partial charge < -0.3 is 4.74 Å². The van der Waals surface area contributed by atoms with Crippen LogP contribution in [0.4, 0.5) is 5.69 Å². The summed E-state index contributed by atoms with van der Waals surface area (Å²) < 4.78 is 31.3. The van der Waals surface area contributed by atoms with Crippen molar-refractivity contribution < 1.29 is 18.1 Å². The maximum Gasteiger partial charge on any atom is 0.308 e. The number of ether oxygens (including phenoxy) is 1. The van der Waals surface area contributed by atoms with Crippen LogP contribution in [0.3, 0.4) is 0 Å². The topological polar surface area (TPSA) is 108 Å². The van der Waals surface area contributed by atoms with Crippen molar-refractivity contribution in [2.45, 2.75) is 0 Å². The van der Waals surface area contributed by atoms with Gasteiger partial charge in [-0.05, 0) is 5.56 Å². The van der Waals surface area contributed by atoms with Crippen molar-refractivity contribution in [1.82, 2.24) is 13.3 Å². The van der Waals surface area contributed by atoms with E-state index in [2.05, 4.69) is 4.98 Å². The molecule has 2 aromatic rings. The Morgan fingerprint density at radius 1 is 1.42 bits per heavy atom. The summed E-state index contributed by atoms with van der Waals surface area (Å²) in [5, 5.41) is 10.9. The Hall–Kier alpha value is -2.72. The molecule has 0 N–H and O–H groups in total. The average Bonchev–Trinajstić information content (AvgIpc) is 3.02. The van der Waals surface area contributed by atoms with Crippen LogP contribution in [0.1, 0.15) is 11.3 Å². The van der Waals surface area contributed by atoms with Gasteiger partial charge in [-0.2, -0.15) is 12.7 Å². The second-order valence-corrected chi connectivity index (χ2v) is 7.00. The van der Waals surface area contributed by atoms with Crippen molar-refractivity contribution in [3.63, 3.8) is 0 Å². The van der Waals surface area contributed by atoms with Gasteiger partial charge in [0, 0.05) is 38.0 Å². The first kappa shape index (κ1) is 17.6. The van der Waals surface area contributed by atoms with Crippen molar-refractivity contribution in [1.29, 1.82) is 0 Å². The zero-order chi connectivity index (χ0) is 17.9. The quantitative estimate of drug-likeness (QED) is 0.443. The lowest BCUT2D eigenvalue weighted by Gasteiger charge is -2.11. The number of aromatic nitrogens is 2. The number of non-ortho nitro benzene ring substituents is 1. The molecule has 0 amide bonds. The minimum Gasteiger partial charge on any atom is -0.504 e. The van der Waals surface area contributed by atoms with Gasteiger partial charge in [-0.25, -0.2) is 8.96 Å². The second kappa shape index (κ2) is 6.81. The molecule has 0 bridgehead atoms.